The average molecular weight is 667 g/mol. The summed E-state index contributed by atoms with van der Waals surface area (Å²) < 4.78 is 23.4. The number of anilines is 1. The molecule has 0 bridgehead atoms. The molecule has 0 saturated carbocycles. The highest BCUT2D eigenvalue weighted by Crippen LogP contribution is 2.25. The van der Waals surface area contributed by atoms with E-state index in [1.54, 1.807) is 12.1 Å². The summed E-state index contributed by atoms with van der Waals surface area (Å²) in [6, 6.07) is 32.7. The number of hydrogen-bond donors (Lipinski definition) is 2. The zero-order valence-corrected chi connectivity index (χ0v) is 28.3. The number of carbonyl (C=O) groups excluding carboxylic acids is 2. The van der Waals surface area contributed by atoms with E-state index in [1.807, 2.05) is 65.6 Å². The number of nitrogens with two attached hydrogens (primary N) is 1. The van der Waals surface area contributed by atoms with Crippen molar-refractivity contribution in [2.24, 2.45) is 5.14 Å². The molecular formula is C39H46N4O4S. The van der Waals surface area contributed by atoms with Crippen LogP contribution in [-0.2, 0) is 39.0 Å². The number of nitrogens with zero attached hydrogens (tertiary/aromatic N) is 2. The summed E-state index contributed by atoms with van der Waals surface area (Å²) in [5.74, 6) is 0.0962. The number of piperidine rings is 1. The number of carbonyl (C=O) groups is 2. The molecule has 0 unspecified atom stereocenters. The van der Waals surface area contributed by atoms with Crippen molar-refractivity contribution in [1.29, 1.82) is 0 Å². The molecule has 48 heavy (non-hydrogen) atoms. The molecule has 0 spiro atoms. The van der Waals surface area contributed by atoms with Gasteiger partial charge in [0.1, 0.15) is 0 Å². The van der Waals surface area contributed by atoms with Crippen LogP contribution in [0.25, 0.3) is 11.1 Å². The molecule has 8 nitrogen and oxygen atoms in total. The number of rotatable bonds is 15. The predicted molar refractivity (Wildman–Crippen MR) is 192 cm³/mol. The van der Waals surface area contributed by atoms with Gasteiger partial charge in [-0.3, -0.25) is 9.59 Å². The van der Waals surface area contributed by atoms with E-state index in [2.05, 4.69) is 28.4 Å². The fourth-order valence-electron chi connectivity index (χ4n) is 6.16. The fourth-order valence-corrected chi connectivity index (χ4v) is 6.68. The first-order chi connectivity index (χ1) is 23.2. The lowest BCUT2D eigenvalue weighted by Crippen LogP contribution is -2.32. The van der Waals surface area contributed by atoms with E-state index in [0.717, 1.165) is 60.4 Å². The van der Waals surface area contributed by atoms with Crippen molar-refractivity contribution >= 4 is 27.5 Å². The molecule has 1 aliphatic rings. The topological polar surface area (TPSA) is 113 Å². The number of benzene rings is 4. The third-order valence-electron chi connectivity index (χ3n) is 8.86. The molecule has 5 rings (SSSR count). The van der Waals surface area contributed by atoms with Crippen LogP contribution < -0.4 is 10.5 Å². The number of nitrogens with one attached hydrogen (secondary N) is 1. The summed E-state index contributed by atoms with van der Waals surface area (Å²) in [5, 5.41) is 8.33. The van der Waals surface area contributed by atoms with Gasteiger partial charge in [0.15, 0.2) is 0 Å². The Kier molecular flexibility index (Phi) is 12.5. The first-order valence-electron chi connectivity index (χ1n) is 16.9. The second-order valence-corrected chi connectivity index (χ2v) is 14.1. The smallest absolute Gasteiger partial charge is 0.238 e. The maximum Gasteiger partial charge on any atom is 0.238 e. The van der Waals surface area contributed by atoms with Gasteiger partial charge in [-0.25, -0.2) is 13.6 Å². The summed E-state index contributed by atoms with van der Waals surface area (Å²) in [4.78, 5) is 30.6. The van der Waals surface area contributed by atoms with Crippen LogP contribution >= 0.6 is 0 Å². The zero-order valence-electron chi connectivity index (χ0n) is 27.5. The van der Waals surface area contributed by atoms with Crippen molar-refractivity contribution < 1.29 is 18.0 Å². The molecule has 252 valence electrons. The van der Waals surface area contributed by atoms with E-state index in [1.165, 1.54) is 37.0 Å². The van der Waals surface area contributed by atoms with Crippen molar-refractivity contribution in [3.8, 4) is 11.1 Å². The third kappa shape index (κ3) is 10.9. The van der Waals surface area contributed by atoms with E-state index in [9.17, 15) is 18.0 Å². The molecule has 2 amide bonds. The van der Waals surface area contributed by atoms with E-state index >= 15 is 0 Å². The second kappa shape index (κ2) is 17.2. The summed E-state index contributed by atoms with van der Waals surface area (Å²) in [6.45, 7) is 3.87. The lowest BCUT2D eigenvalue weighted by Gasteiger charge is -2.25. The zero-order chi connectivity index (χ0) is 33.8. The SMILES string of the molecule is NS(=O)(=O)c1ccc(CCN(Cc2cccc(-c3cccc(NC(=O)CCN4CCCCC4)c3)c2)C(=O)CCCc2ccccc2)cc1. The number of likely N-dealkylation sites (tertiary alicyclic amines) is 1. The van der Waals surface area contributed by atoms with Crippen molar-refractivity contribution in [3.63, 3.8) is 0 Å². The third-order valence-corrected chi connectivity index (χ3v) is 9.79. The molecule has 1 saturated heterocycles. The highest BCUT2D eigenvalue weighted by Gasteiger charge is 2.16. The fraction of sp³-hybridized carbons (Fsp3) is 0.333. The Morgan fingerprint density at radius 3 is 2.12 bits per heavy atom. The Bertz CT molecular complexity index is 1750. The standard InChI is InChI=1S/C39H46N4O4S/c40-48(46,47)37-20-18-32(19-21-37)22-27-43(39(45)17-8-12-31-10-3-1-4-11-31)30-33-13-7-14-34(28-33)35-15-9-16-36(29-35)41-38(44)23-26-42-24-5-2-6-25-42/h1,3-4,7,9-11,13-16,18-21,28-29H,2,5-6,8,12,17,22-27,30H2,(H,41,44)(H2,40,46,47). The van der Waals surface area contributed by atoms with Crippen LogP contribution in [0.3, 0.4) is 0 Å². The molecule has 4 aromatic carbocycles. The molecule has 0 aliphatic carbocycles. The summed E-state index contributed by atoms with van der Waals surface area (Å²) >= 11 is 0. The Labute approximate surface area is 285 Å². The molecule has 0 aromatic heterocycles. The van der Waals surface area contributed by atoms with Crippen molar-refractivity contribution in [2.75, 3.05) is 31.5 Å². The molecule has 1 fully saturated rings. The van der Waals surface area contributed by atoms with Gasteiger partial charge >= 0.3 is 0 Å². The minimum atomic E-state index is -3.77. The molecule has 0 radical (unpaired) electrons. The number of amides is 2. The summed E-state index contributed by atoms with van der Waals surface area (Å²) in [5.41, 5.74) is 5.90. The van der Waals surface area contributed by atoms with Gasteiger partial charge in [-0.05, 0) is 103 Å². The Hall–Kier alpha value is -4.31. The van der Waals surface area contributed by atoms with Gasteiger partial charge in [0.05, 0.1) is 4.90 Å². The molecule has 1 aliphatic heterocycles. The highest BCUT2D eigenvalue weighted by atomic mass is 32.2. The number of hydrogen-bond acceptors (Lipinski definition) is 5. The molecule has 3 N–H and O–H groups in total. The van der Waals surface area contributed by atoms with Crippen molar-refractivity contribution in [1.82, 2.24) is 9.80 Å². The monoisotopic (exact) mass is 666 g/mol. The average Bonchev–Trinajstić information content (AvgIpc) is 3.10. The lowest BCUT2D eigenvalue weighted by molar-refractivity contribution is -0.131. The van der Waals surface area contributed by atoms with Crippen LogP contribution in [0.15, 0.2) is 108 Å². The van der Waals surface area contributed by atoms with Crippen LogP contribution in [0.2, 0.25) is 0 Å². The van der Waals surface area contributed by atoms with E-state index in [4.69, 9.17) is 5.14 Å². The van der Waals surface area contributed by atoms with E-state index < -0.39 is 10.0 Å². The Morgan fingerprint density at radius 1 is 0.729 bits per heavy atom. The summed E-state index contributed by atoms with van der Waals surface area (Å²) in [6.07, 6.45) is 6.76. The maximum atomic E-state index is 13.6. The van der Waals surface area contributed by atoms with E-state index in [-0.39, 0.29) is 16.7 Å². The van der Waals surface area contributed by atoms with Gasteiger partial charge in [-0.15, -0.1) is 0 Å². The summed E-state index contributed by atoms with van der Waals surface area (Å²) in [7, 11) is -3.77. The molecule has 9 heteroatoms. The minimum Gasteiger partial charge on any atom is -0.338 e. The number of primary sulfonamides is 1. The first kappa shape index (κ1) is 35.0. The van der Waals surface area contributed by atoms with Gasteiger partial charge in [0, 0.05) is 38.2 Å². The van der Waals surface area contributed by atoms with Gasteiger partial charge in [0.25, 0.3) is 0 Å². The molecule has 0 atom stereocenters. The second-order valence-electron chi connectivity index (χ2n) is 12.6. The van der Waals surface area contributed by atoms with Crippen molar-refractivity contribution in [3.05, 3.63) is 120 Å². The molecule has 4 aromatic rings. The number of aryl methyl sites for hydroxylation is 1. The maximum absolute atomic E-state index is 13.6. The minimum absolute atomic E-state index is 0.0205. The quantitative estimate of drug-likeness (QED) is 0.152. The Morgan fingerprint density at radius 2 is 1.40 bits per heavy atom. The van der Waals surface area contributed by atoms with Crippen LogP contribution in [0.4, 0.5) is 5.69 Å². The van der Waals surface area contributed by atoms with Crippen LogP contribution in [0, 0.1) is 0 Å². The van der Waals surface area contributed by atoms with Gasteiger partial charge in [-0.1, -0.05) is 79.2 Å². The normalized spacial score (nSPS) is 13.6. The number of sulfonamides is 1. The van der Waals surface area contributed by atoms with Crippen LogP contribution in [0.1, 0.15) is 55.2 Å². The molecular weight excluding hydrogens is 621 g/mol. The predicted octanol–water partition coefficient (Wildman–Crippen LogP) is 6.41. The lowest BCUT2D eigenvalue weighted by atomic mass is 10.0. The Balaban J connectivity index is 1.24. The largest absolute Gasteiger partial charge is 0.338 e. The first-order valence-corrected chi connectivity index (χ1v) is 18.4. The van der Waals surface area contributed by atoms with Crippen LogP contribution in [0.5, 0.6) is 0 Å². The van der Waals surface area contributed by atoms with Crippen LogP contribution in [-0.4, -0.2) is 56.2 Å². The van der Waals surface area contributed by atoms with Gasteiger partial charge in [-0.2, -0.15) is 0 Å². The highest BCUT2D eigenvalue weighted by molar-refractivity contribution is 7.89. The van der Waals surface area contributed by atoms with Crippen molar-refractivity contribution in [2.45, 2.75) is 62.8 Å². The van der Waals surface area contributed by atoms with E-state index in [0.29, 0.717) is 32.4 Å². The van der Waals surface area contributed by atoms with Gasteiger partial charge in [0.2, 0.25) is 21.8 Å². The van der Waals surface area contributed by atoms with Gasteiger partial charge < -0.3 is 15.1 Å². The molecule has 1 heterocycles.